The Labute approximate surface area is 197 Å². The number of hydrogen-bond acceptors (Lipinski definition) is 8. The summed E-state index contributed by atoms with van der Waals surface area (Å²) in [5.74, 6) is 0.0746. The molecule has 1 saturated heterocycles. The molecule has 0 saturated carbocycles. The minimum atomic E-state index is -0.731. The van der Waals surface area contributed by atoms with E-state index in [2.05, 4.69) is 14.3 Å². The van der Waals surface area contributed by atoms with Crippen molar-refractivity contribution < 1.29 is 28.7 Å². The van der Waals surface area contributed by atoms with Crippen LogP contribution in [-0.4, -0.2) is 77.9 Å². The van der Waals surface area contributed by atoms with Crippen LogP contribution in [-0.2, 0) is 20.8 Å². The normalized spacial score (nSPS) is 14.2. The van der Waals surface area contributed by atoms with Crippen LogP contribution in [0.2, 0.25) is 0 Å². The fourth-order valence-electron chi connectivity index (χ4n) is 4.00. The number of nitro benzene ring substituents is 1. The Hall–Kier alpha value is -3.31. The van der Waals surface area contributed by atoms with Gasteiger partial charge in [-0.15, -0.1) is 0 Å². The predicted octanol–water partition coefficient (Wildman–Crippen LogP) is 2.65. The van der Waals surface area contributed by atoms with Gasteiger partial charge in [0.2, 0.25) is 0 Å². The Kier molecular flexibility index (Phi) is 9.11. The van der Waals surface area contributed by atoms with Crippen LogP contribution in [0.3, 0.4) is 0 Å². The number of esters is 1. The quantitative estimate of drug-likeness (QED) is 0.211. The molecule has 1 fully saturated rings. The Morgan fingerprint density at radius 1 is 1.12 bits per heavy atom. The van der Waals surface area contributed by atoms with Gasteiger partial charge in [0.15, 0.2) is 0 Å². The van der Waals surface area contributed by atoms with E-state index in [0.29, 0.717) is 58.9 Å². The lowest BCUT2D eigenvalue weighted by molar-refractivity contribution is -0.384. The van der Waals surface area contributed by atoms with E-state index >= 15 is 0 Å². The van der Waals surface area contributed by atoms with E-state index in [1.54, 1.807) is 11.1 Å². The lowest BCUT2D eigenvalue weighted by Crippen LogP contribution is -2.38. The molecule has 0 radical (unpaired) electrons. The molecule has 1 aromatic heterocycles. The predicted molar refractivity (Wildman–Crippen MR) is 122 cm³/mol. The molecule has 0 bridgehead atoms. The van der Waals surface area contributed by atoms with E-state index in [-0.39, 0.29) is 28.6 Å². The Bertz CT molecular complexity index is 999. The summed E-state index contributed by atoms with van der Waals surface area (Å²) in [5.41, 5.74) is -0.258. The standard InChI is InChI=1S/C23H30N4O7/c1-3-33-12-13-34-11-10-25-9-6-24-21(25)17-4-7-26(8-5-17)22(28)18-14-19(23(29)32-2)16-20(15-18)27(30)31/h6,9,14-17H,3-5,7-8,10-13H2,1-2H3. The van der Waals surface area contributed by atoms with E-state index in [4.69, 9.17) is 9.47 Å². The van der Waals surface area contributed by atoms with Crippen LogP contribution in [0, 0.1) is 10.1 Å². The van der Waals surface area contributed by atoms with Gasteiger partial charge in [-0.05, 0) is 25.8 Å². The summed E-state index contributed by atoms with van der Waals surface area (Å²) >= 11 is 0. The molecule has 184 valence electrons. The van der Waals surface area contributed by atoms with Gasteiger partial charge in [0.1, 0.15) is 5.82 Å². The lowest BCUT2D eigenvalue weighted by Gasteiger charge is -2.32. The van der Waals surface area contributed by atoms with Crippen molar-refractivity contribution in [3.05, 3.63) is 57.7 Å². The minimum absolute atomic E-state index is 0.0274. The van der Waals surface area contributed by atoms with Crippen LogP contribution in [0.15, 0.2) is 30.6 Å². The van der Waals surface area contributed by atoms with Gasteiger partial charge in [0.25, 0.3) is 11.6 Å². The van der Waals surface area contributed by atoms with Gasteiger partial charge >= 0.3 is 5.97 Å². The van der Waals surface area contributed by atoms with Crippen LogP contribution in [0.4, 0.5) is 5.69 Å². The molecule has 2 aromatic rings. The highest BCUT2D eigenvalue weighted by Crippen LogP contribution is 2.28. The van der Waals surface area contributed by atoms with E-state index in [9.17, 15) is 19.7 Å². The number of amides is 1. The number of nitro groups is 1. The van der Waals surface area contributed by atoms with Gasteiger partial charge in [0.05, 0.1) is 37.4 Å². The summed E-state index contributed by atoms with van der Waals surface area (Å²) in [7, 11) is 1.18. The van der Waals surface area contributed by atoms with Gasteiger partial charge in [-0.3, -0.25) is 14.9 Å². The van der Waals surface area contributed by atoms with Gasteiger partial charge < -0.3 is 23.7 Å². The van der Waals surface area contributed by atoms with Gasteiger partial charge in [0, 0.05) is 62.2 Å². The zero-order valence-electron chi connectivity index (χ0n) is 19.5. The number of carbonyl (C=O) groups is 2. The van der Waals surface area contributed by atoms with E-state index in [1.165, 1.54) is 19.2 Å². The van der Waals surface area contributed by atoms with Crippen LogP contribution in [0.5, 0.6) is 0 Å². The van der Waals surface area contributed by atoms with Crippen LogP contribution >= 0.6 is 0 Å². The molecule has 1 amide bonds. The number of likely N-dealkylation sites (tertiary alicyclic amines) is 1. The van der Waals surface area contributed by atoms with Crippen molar-refractivity contribution in [2.24, 2.45) is 0 Å². The van der Waals surface area contributed by atoms with Crippen molar-refractivity contribution >= 4 is 17.6 Å². The molecule has 0 unspecified atom stereocenters. The second-order valence-electron chi connectivity index (χ2n) is 7.87. The molecule has 0 N–H and O–H groups in total. The molecule has 1 aliphatic heterocycles. The topological polar surface area (TPSA) is 126 Å². The highest BCUT2D eigenvalue weighted by molar-refractivity contribution is 5.99. The number of benzene rings is 1. The summed E-state index contributed by atoms with van der Waals surface area (Å²) < 4.78 is 17.6. The maximum absolute atomic E-state index is 13.1. The van der Waals surface area contributed by atoms with Crippen molar-refractivity contribution in [2.45, 2.75) is 32.2 Å². The minimum Gasteiger partial charge on any atom is -0.465 e. The van der Waals surface area contributed by atoms with Crippen LogP contribution in [0.25, 0.3) is 0 Å². The first-order valence-electron chi connectivity index (χ1n) is 11.3. The SMILES string of the molecule is CCOCCOCCn1ccnc1C1CCN(C(=O)c2cc(C(=O)OC)cc([N+](=O)[O-])c2)CC1. The van der Waals surface area contributed by atoms with Crippen molar-refractivity contribution in [3.8, 4) is 0 Å². The van der Waals surface area contributed by atoms with Crippen molar-refractivity contribution in [1.29, 1.82) is 0 Å². The Morgan fingerprint density at radius 3 is 2.50 bits per heavy atom. The maximum atomic E-state index is 13.1. The Balaban J connectivity index is 1.60. The monoisotopic (exact) mass is 474 g/mol. The van der Waals surface area contributed by atoms with Crippen molar-refractivity contribution in [2.75, 3.05) is 46.6 Å². The summed E-state index contributed by atoms with van der Waals surface area (Å²) in [4.78, 5) is 41.8. The first kappa shape index (κ1) is 25.3. The third-order valence-electron chi connectivity index (χ3n) is 5.74. The number of methoxy groups -OCH3 is 1. The largest absolute Gasteiger partial charge is 0.465 e. The number of imidazole rings is 1. The third kappa shape index (κ3) is 6.39. The number of rotatable bonds is 11. The molecule has 1 aromatic carbocycles. The number of ether oxygens (including phenoxy) is 3. The smallest absolute Gasteiger partial charge is 0.338 e. The highest BCUT2D eigenvalue weighted by Gasteiger charge is 2.28. The molecular formula is C23H30N4O7. The molecular weight excluding hydrogens is 444 g/mol. The third-order valence-corrected chi connectivity index (χ3v) is 5.74. The first-order chi connectivity index (χ1) is 16.4. The molecule has 3 rings (SSSR count). The lowest BCUT2D eigenvalue weighted by atomic mass is 9.95. The first-order valence-corrected chi connectivity index (χ1v) is 11.3. The maximum Gasteiger partial charge on any atom is 0.338 e. The second kappa shape index (κ2) is 12.2. The van der Waals surface area contributed by atoms with Crippen molar-refractivity contribution in [1.82, 2.24) is 14.5 Å². The number of aromatic nitrogens is 2. The Morgan fingerprint density at radius 2 is 1.82 bits per heavy atom. The number of hydrogen-bond donors (Lipinski definition) is 0. The molecule has 1 aliphatic rings. The fraction of sp³-hybridized carbons (Fsp3) is 0.522. The molecule has 0 aliphatic carbocycles. The zero-order chi connectivity index (χ0) is 24.5. The molecule has 2 heterocycles. The number of non-ortho nitro benzene ring substituents is 1. The van der Waals surface area contributed by atoms with E-state index in [0.717, 1.165) is 11.9 Å². The van der Waals surface area contributed by atoms with Gasteiger partial charge in [-0.25, -0.2) is 9.78 Å². The summed E-state index contributed by atoms with van der Waals surface area (Å²) in [6.07, 6.45) is 5.13. The highest BCUT2D eigenvalue weighted by atomic mass is 16.6. The molecule has 34 heavy (non-hydrogen) atoms. The molecule has 11 heteroatoms. The van der Waals surface area contributed by atoms with Crippen LogP contribution < -0.4 is 0 Å². The zero-order valence-corrected chi connectivity index (χ0v) is 19.5. The van der Waals surface area contributed by atoms with E-state index < -0.39 is 10.9 Å². The van der Waals surface area contributed by atoms with E-state index in [1.807, 2.05) is 13.1 Å². The number of piperidine rings is 1. The van der Waals surface area contributed by atoms with Gasteiger partial charge in [-0.1, -0.05) is 0 Å². The summed E-state index contributed by atoms with van der Waals surface area (Å²) in [6.45, 7) is 5.95. The molecule has 11 nitrogen and oxygen atoms in total. The van der Waals surface area contributed by atoms with Crippen LogP contribution in [0.1, 0.15) is 52.2 Å². The van der Waals surface area contributed by atoms with Crippen molar-refractivity contribution in [3.63, 3.8) is 0 Å². The number of carbonyl (C=O) groups excluding carboxylic acids is 2. The average molecular weight is 475 g/mol. The molecule has 0 spiro atoms. The fourth-order valence-corrected chi connectivity index (χ4v) is 4.00. The summed E-state index contributed by atoms with van der Waals surface area (Å²) in [5, 5.41) is 11.3. The summed E-state index contributed by atoms with van der Waals surface area (Å²) in [6, 6.07) is 3.64. The van der Waals surface area contributed by atoms with Gasteiger partial charge in [-0.2, -0.15) is 0 Å². The second-order valence-corrected chi connectivity index (χ2v) is 7.87. The molecule has 0 atom stereocenters. The number of nitrogens with zero attached hydrogens (tertiary/aromatic N) is 4. The average Bonchev–Trinajstić information content (AvgIpc) is 3.33.